The van der Waals surface area contributed by atoms with Crippen molar-refractivity contribution >= 4 is 21.7 Å². The van der Waals surface area contributed by atoms with Crippen LogP contribution in [0.1, 0.15) is 0 Å². The Hall–Kier alpha value is -1.12. The summed E-state index contributed by atoms with van der Waals surface area (Å²) in [5.41, 5.74) is 2.51. The van der Waals surface area contributed by atoms with E-state index in [1.165, 1.54) is 11.1 Å². The highest BCUT2D eigenvalue weighted by Crippen LogP contribution is 2.14. The molecule has 0 aromatic carbocycles. The van der Waals surface area contributed by atoms with E-state index in [2.05, 4.69) is 70.8 Å². The average Bonchev–Trinajstić information content (AvgIpc) is 2.34. The Bertz CT molecular complexity index is 380. The molecule has 0 amide bonds. The molecule has 2 nitrogen and oxygen atoms in total. The molecule has 0 bridgehead atoms. The highest BCUT2D eigenvalue weighted by molar-refractivity contribution is 6.85. The molecule has 2 heterocycles. The predicted molar refractivity (Wildman–Crippen MR) is 65.9 cm³/mol. The van der Waals surface area contributed by atoms with Crippen LogP contribution in [0, 0.1) is 0 Å². The van der Waals surface area contributed by atoms with Crippen LogP contribution in [0.2, 0.25) is 0 Å². The largest absolute Gasteiger partial charge is 0.208 e. The minimum Gasteiger partial charge on any atom is -0.208 e. The van der Waals surface area contributed by atoms with Gasteiger partial charge >= 0.3 is 0 Å². The van der Waals surface area contributed by atoms with E-state index in [0.717, 1.165) is 0 Å². The number of hydrogen-bond donors (Lipinski definition) is 0. The zero-order valence-electron chi connectivity index (χ0n) is 9.27. The lowest BCUT2D eigenvalue weighted by molar-refractivity contribution is -0.671. The van der Waals surface area contributed by atoms with Crippen LogP contribution in [0.3, 0.4) is 0 Å². The van der Waals surface area contributed by atoms with Crippen LogP contribution in [0.4, 0.5) is 0 Å². The van der Waals surface area contributed by atoms with Gasteiger partial charge in [-0.05, 0) is 11.1 Å². The van der Waals surface area contributed by atoms with Gasteiger partial charge in [0.15, 0.2) is 24.8 Å². The third-order valence-electron chi connectivity index (χ3n) is 2.29. The first-order valence-corrected chi connectivity index (χ1v) is 5.95. The zero-order chi connectivity index (χ0) is 12.0. The molecule has 0 saturated carbocycles. The summed E-state index contributed by atoms with van der Waals surface area (Å²) in [6.45, 7) is 0. The molecular weight excluding hydrogens is 243 g/mol. The maximum absolute atomic E-state index is 4.11. The molecule has 0 unspecified atom stereocenters. The first-order chi connectivity index (χ1) is 7.75. The van der Waals surface area contributed by atoms with Crippen LogP contribution in [0.25, 0.3) is 11.1 Å². The lowest BCUT2D eigenvalue weighted by Crippen LogP contribution is -2.26. The number of aryl methyl sites for hydroxylation is 2. The second kappa shape index (κ2) is 6.46. The van der Waals surface area contributed by atoms with Gasteiger partial charge in [-0.1, -0.05) is 0 Å². The molecule has 0 radical (unpaired) electrons. The van der Waals surface area contributed by atoms with Gasteiger partial charge in [0, 0.05) is 46.0 Å². The summed E-state index contributed by atoms with van der Waals surface area (Å²) in [7, 11) is 12.3. The van der Waals surface area contributed by atoms with Crippen molar-refractivity contribution in [3.8, 4) is 11.1 Å². The third kappa shape index (κ3) is 3.47. The molecule has 0 fully saturated rings. The van der Waals surface area contributed by atoms with Crippen molar-refractivity contribution in [2.75, 3.05) is 0 Å². The van der Waals surface area contributed by atoms with Crippen LogP contribution < -0.4 is 9.13 Å². The van der Waals surface area contributed by atoms with Gasteiger partial charge in [0.05, 0.1) is 0 Å². The van der Waals surface area contributed by atoms with Crippen molar-refractivity contribution in [2.45, 2.75) is 0 Å². The Kier molecular flexibility index (Phi) is 5.23. The second-order valence-corrected chi connectivity index (χ2v) is 3.50. The minimum atomic E-state index is 1.25. The van der Waals surface area contributed by atoms with E-state index >= 15 is 0 Å². The summed E-state index contributed by atoms with van der Waals surface area (Å²) >= 11 is 0. The monoisotopic (exact) mass is 256 g/mol. The minimum absolute atomic E-state index is 1.25. The van der Waals surface area contributed by atoms with Gasteiger partial charge in [0.1, 0.15) is 14.1 Å². The number of hydrogen-bond acceptors (Lipinski definition) is 0. The van der Waals surface area contributed by atoms with E-state index in [4.69, 9.17) is 0 Å². The lowest BCUT2D eigenvalue weighted by Gasteiger charge is -1.97. The highest BCUT2D eigenvalue weighted by atomic mass is 36.5. The number of halogens is 2. The van der Waals surface area contributed by atoms with Crippen LogP contribution in [-0.2, 0) is 14.1 Å². The quantitative estimate of drug-likeness (QED) is 0.693. The van der Waals surface area contributed by atoms with Crippen LogP contribution in [-0.4, -0.2) is 0 Å². The van der Waals surface area contributed by atoms with E-state index in [0.29, 0.717) is 0 Å². The van der Waals surface area contributed by atoms with Crippen molar-refractivity contribution < 1.29 is 9.13 Å². The first kappa shape index (κ1) is 12.9. The molecule has 2 aromatic heterocycles. The molecule has 0 aliphatic heterocycles. The Morgan fingerprint density at radius 3 is 1.19 bits per heavy atom. The normalized spacial score (nSPS) is 9.25. The number of aromatic nitrogens is 2. The van der Waals surface area contributed by atoms with E-state index in [9.17, 15) is 0 Å². The molecule has 0 saturated heterocycles. The Morgan fingerprint density at radius 1 is 0.688 bits per heavy atom. The highest BCUT2D eigenvalue weighted by Gasteiger charge is 2.00. The fourth-order valence-electron chi connectivity index (χ4n) is 1.39. The van der Waals surface area contributed by atoms with Gasteiger partial charge in [-0.15, -0.1) is 0 Å². The number of pyridine rings is 2. The SMILES string of the molecule is C[n+]1ccc(-c2cc[n+](C)cc2)cc1.ClCl. The summed E-state index contributed by atoms with van der Waals surface area (Å²) in [4.78, 5) is 0. The molecule has 16 heavy (non-hydrogen) atoms. The first-order valence-electron chi connectivity index (χ1n) is 4.81. The van der Waals surface area contributed by atoms with Crippen molar-refractivity contribution in [2.24, 2.45) is 14.1 Å². The third-order valence-corrected chi connectivity index (χ3v) is 2.29. The van der Waals surface area contributed by atoms with E-state index in [1.807, 2.05) is 23.2 Å². The van der Waals surface area contributed by atoms with Gasteiger partial charge in [-0.3, -0.25) is 0 Å². The summed E-state index contributed by atoms with van der Waals surface area (Å²) in [6.07, 6.45) is 8.23. The molecule has 4 heteroatoms. The Labute approximate surface area is 105 Å². The topological polar surface area (TPSA) is 7.76 Å². The molecule has 2 aromatic rings. The average molecular weight is 257 g/mol. The molecule has 0 atom stereocenters. The molecule has 84 valence electrons. The maximum atomic E-state index is 4.11. The fraction of sp³-hybridized carbons (Fsp3) is 0.167. The number of nitrogens with zero attached hydrogens (tertiary/aromatic N) is 2. The predicted octanol–water partition coefficient (Wildman–Crippen LogP) is 2.38. The van der Waals surface area contributed by atoms with Gasteiger partial charge in [-0.25, -0.2) is 9.13 Å². The fourth-order valence-corrected chi connectivity index (χ4v) is 1.39. The molecule has 0 aliphatic rings. The Balaban J connectivity index is 0.000000606. The van der Waals surface area contributed by atoms with Crippen LogP contribution in [0.15, 0.2) is 49.1 Å². The van der Waals surface area contributed by atoms with Crippen LogP contribution in [0.5, 0.6) is 0 Å². The summed E-state index contributed by atoms with van der Waals surface area (Å²) in [6, 6.07) is 8.48. The van der Waals surface area contributed by atoms with Crippen LogP contribution >= 0.6 is 21.7 Å². The second-order valence-electron chi connectivity index (χ2n) is 3.50. The number of rotatable bonds is 1. The standard InChI is InChI=1S/C12H14N2.Cl2/c1-13-7-3-11(4-8-13)12-5-9-14(2)10-6-12;1-2/h3-10H,1-2H3;/q+2;. The smallest absolute Gasteiger partial charge is 0.169 e. The summed E-state index contributed by atoms with van der Waals surface area (Å²) < 4.78 is 4.07. The van der Waals surface area contributed by atoms with E-state index < -0.39 is 0 Å². The summed E-state index contributed by atoms with van der Waals surface area (Å²) in [5.74, 6) is 0. The molecule has 0 aliphatic carbocycles. The molecule has 0 N–H and O–H groups in total. The van der Waals surface area contributed by atoms with Crippen molar-refractivity contribution in [1.29, 1.82) is 0 Å². The van der Waals surface area contributed by atoms with E-state index in [1.54, 1.807) is 0 Å². The van der Waals surface area contributed by atoms with Crippen molar-refractivity contribution in [1.82, 2.24) is 0 Å². The summed E-state index contributed by atoms with van der Waals surface area (Å²) in [5, 5.41) is 0. The zero-order valence-corrected chi connectivity index (χ0v) is 10.8. The molecule has 0 spiro atoms. The molecule has 2 rings (SSSR count). The van der Waals surface area contributed by atoms with Gasteiger partial charge < -0.3 is 0 Å². The van der Waals surface area contributed by atoms with Crippen molar-refractivity contribution in [3.05, 3.63) is 49.1 Å². The van der Waals surface area contributed by atoms with Gasteiger partial charge in [-0.2, -0.15) is 0 Å². The van der Waals surface area contributed by atoms with E-state index in [-0.39, 0.29) is 0 Å². The van der Waals surface area contributed by atoms with Crippen molar-refractivity contribution in [3.63, 3.8) is 0 Å². The van der Waals surface area contributed by atoms with Gasteiger partial charge in [0.25, 0.3) is 0 Å². The van der Waals surface area contributed by atoms with Gasteiger partial charge in [0.2, 0.25) is 0 Å². The molecular formula is C12H14Cl2N2+2. The maximum Gasteiger partial charge on any atom is 0.169 e. The Morgan fingerprint density at radius 2 is 0.938 bits per heavy atom. The lowest BCUT2D eigenvalue weighted by atomic mass is 10.1.